The van der Waals surface area contributed by atoms with E-state index in [4.69, 9.17) is 14.2 Å². The van der Waals surface area contributed by atoms with Gasteiger partial charge in [-0.25, -0.2) is 9.59 Å². The van der Waals surface area contributed by atoms with Crippen LogP contribution in [0.5, 0.6) is 0 Å². The number of carbonyl (C=O) groups is 3. The molecule has 0 unspecified atom stereocenters. The molecule has 0 aromatic rings. The fourth-order valence-corrected chi connectivity index (χ4v) is 1.45. The second-order valence-corrected chi connectivity index (χ2v) is 5.38. The molecule has 0 fully saturated rings. The van der Waals surface area contributed by atoms with Crippen molar-refractivity contribution in [3.8, 4) is 0 Å². The molecule has 0 heterocycles. The number of nitrogens with one attached hydrogen (secondary N) is 1. The summed E-state index contributed by atoms with van der Waals surface area (Å²) in [5, 5.41) is 2.41. The van der Waals surface area contributed by atoms with Crippen LogP contribution in [0.4, 0.5) is 4.79 Å². The Morgan fingerprint density at radius 2 is 1.57 bits per heavy atom. The highest BCUT2D eigenvalue weighted by atomic mass is 16.6. The van der Waals surface area contributed by atoms with Crippen molar-refractivity contribution in [1.29, 1.82) is 0 Å². The van der Waals surface area contributed by atoms with Gasteiger partial charge in [-0.15, -0.1) is 0 Å². The monoisotopic (exact) mass is 329 g/mol. The molecule has 0 aromatic carbocycles. The first-order valence-corrected chi connectivity index (χ1v) is 7.67. The average Bonchev–Trinajstić information content (AvgIpc) is 2.54. The molecule has 1 amide bonds. The summed E-state index contributed by atoms with van der Waals surface area (Å²) in [5.41, 5.74) is -0.212. The van der Waals surface area contributed by atoms with Crippen molar-refractivity contribution in [2.45, 2.75) is 40.5 Å². The second-order valence-electron chi connectivity index (χ2n) is 5.38. The summed E-state index contributed by atoms with van der Waals surface area (Å²) in [7, 11) is 0. The van der Waals surface area contributed by atoms with Gasteiger partial charge in [-0.1, -0.05) is 20.4 Å². The number of alkyl carbamates (subject to hydrolysis) is 1. The minimum Gasteiger partial charge on any atom is -0.462 e. The Labute approximate surface area is 137 Å². The van der Waals surface area contributed by atoms with E-state index in [0.717, 1.165) is 0 Å². The van der Waals surface area contributed by atoms with E-state index < -0.39 is 17.5 Å². The fraction of sp³-hybridized carbons (Fsp3) is 0.688. The summed E-state index contributed by atoms with van der Waals surface area (Å²) in [6.07, 6.45) is 0.709. The number of amides is 1. The highest BCUT2D eigenvalue weighted by Crippen LogP contribution is 2.26. The molecule has 23 heavy (non-hydrogen) atoms. The van der Waals surface area contributed by atoms with Gasteiger partial charge in [-0.2, -0.15) is 0 Å². The van der Waals surface area contributed by atoms with Crippen LogP contribution in [0.1, 0.15) is 40.5 Å². The van der Waals surface area contributed by atoms with Gasteiger partial charge in [-0.05, 0) is 26.7 Å². The normalized spacial score (nSPS) is 10.6. The molecule has 0 rings (SSSR count). The number of esters is 2. The van der Waals surface area contributed by atoms with Gasteiger partial charge in [0.05, 0.1) is 12.0 Å². The van der Waals surface area contributed by atoms with Crippen LogP contribution >= 0.6 is 0 Å². The smallest absolute Gasteiger partial charge is 0.407 e. The van der Waals surface area contributed by atoms with Crippen LogP contribution in [0.15, 0.2) is 12.2 Å². The standard InChI is InChI=1S/C16H27NO6/c1-6-16(5,7-2)14(19)22-10-11-23-15(20)17-8-9-21-13(18)12(3)4/h3,6-11H2,1-2,4-5H3,(H,17,20). The zero-order chi connectivity index (χ0) is 17.9. The second kappa shape index (κ2) is 10.6. The van der Waals surface area contributed by atoms with Gasteiger partial charge >= 0.3 is 18.0 Å². The molecule has 7 nitrogen and oxygen atoms in total. The first-order chi connectivity index (χ1) is 10.8. The van der Waals surface area contributed by atoms with E-state index >= 15 is 0 Å². The van der Waals surface area contributed by atoms with Gasteiger partial charge in [0, 0.05) is 5.57 Å². The van der Waals surface area contributed by atoms with Gasteiger partial charge in [0.25, 0.3) is 0 Å². The Hall–Kier alpha value is -2.05. The quantitative estimate of drug-likeness (QED) is 0.286. The summed E-state index contributed by atoms with van der Waals surface area (Å²) in [6.45, 7) is 10.8. The van der Waals surface area contributed by atoms with E-state index in [0.29, 0.717) is 18.4 Å². The van der Waals surface area contributed by atoms with E-state index in [1.165, 1.54) is 6.92 Å². The van der Waals surface area contributed by atoms with Crippen LogP contribution in [-0.4, -0.2) is 44.4 Å². The molecule has 1 N–H and O–H groups in total. The molecular formula is C16H27NO6. The summed E-state index contributed by atoms with van der Waals surface area (Å²) in [5.74, 6) is -0.805. The molecule has 0 aliphatic carbocycles. The van der Waals surface area contributed by atoms with Crippen molar-refractivity contribution in [3.05, 3.63) is 12.2 Å². The van der Waals surface area contributed by atoms with E-state index in [2.05, 4.69) is 11.9 Å². The number of hydrogen-bond donors (Lipinski definition) is 1. The van der Waals surface area contributed by atoms with E-state index in [1.807, 2.05) is 20.8 Å². The zero-order valence-electron chi connectivity index (χ0n) is 14.4. The highest BCUT2D eigenvalue weighted by molar-refractivity contribution is 5.86. The van der Waals surface area contributed by atoms with Gasteiger partial charge in [0.2, 0.25) is 0 Å². The van der Waals surface area contributed by atoms with Crippen LogP contribution in [0.25, 0.3) is 0 Å². The maximum Gasteiger partial charge on any atom is 0.407 e. The molecule has 0 spiro atoms. The lowest BCUT2D eigenvalue weighted by Crippen LogP contribution is -2.31. The molecule has 0 aliphatic heterocycles. The van der Waals surface area contributed by atoms with Crippen molar-refractivity contribution >= 4 is 18.0 Å². The van der Waals surface area contributed by atoms with Crippen LogP contribution in [-0.2, 0) is 23.8 Å². The van der Waals surface area contributed by atoms with Gasteiger partial charge in [0.15, 0.2) is 0 Å². The predicted octanol–water partition coefficient (Wildman–Crippen LogP) is 2.20. The fourth-order valence-electron chi connectivity index (χ4n) is 1.45. The van der Waals surface area contributed by atoms with Crippen molar-refractivity contribution in [2.75, 3.05) is 26.4 Å². The SMILES string of the molecule is C=C(C)C(=O)OCCNC(=O)OCCOC(=O)C(C)(CC)CC. The first kappa shape index (κ1) is 20.9. The Morgan fingerprint density at radius 1 is 1.00 bits per heavy atom. The van der Waals surface area contributed by atoms with Crippen molar-refractivity contribution in [3.63, 3.8) is 0 Å². The molecule has 0 saturated carbocycles. The number of ether oxygens (including phenoxy) is 3. The molecule has 0 saturated heterocycles. The van der Waals surface area contributed by atoms with E-state index in [1.54, 1.807) is 0 Å². The van der Waals surface area contributed by atoms with Crippen LogP contribution in [0.2, 0.25) is 0 Å². The van der Waals surface area contributed by atoms with Gasteiger partial charge < -0.3 is 19.5 Å². The minimum atomic E-state index is -0.666. The molecule has 7 heteroatoms. The topological polar surface area (TPSA) is 90.9 Å². The third-order valence-corrected chi connectivity index (χ3v) is 3.56. The largest absolute Gasteiger partial charge is 0.462 e. The summed E-state index contributed by atoms with van der Waals surface area (Å²) >= 11 is 0. The lowest BCUT2D eigenvalue weighted by molar-refractivity contribution is -0.156. The first-order valence-electron chi connectivity index (χ1n) is 7.67. The maximum absolute atomic E-state index is 11.9. The molecule has 0 atom stereocenters. The van der Waals surface area contributed by atoms with Gasteiger partial charge in [-0.3, -0.25) is 4.79 Å². The van der Waals surface area contributed by atoms with Crippen molar-refractivity contribution < 1.29 is 28.6 Å². The summed E-state index contributed by atoms with van der Waals surface area (Å²) < 4.78 is 14.7. The third kappa shape index (κ3) is 8.23. The Balaban J connectivity index is 3.77. The average molecular weight is 329 g/mol. The summed E-state index contributed by atoms with van der Waals surface area (Å²) in [4.78, 5) is 34.3. The maximum atomic E-state index is 11.9. The molecule has 132 valence electrons. The highest BCUT2D eigenvalue weighted by Gasteiger charge is 2.30. The lowest BCUT2D eigenvalue weighted by Gasteiger charge is -2.23. The van der Waals surface area contributed by atoms with Crippen LogP contribution in [0.3, 0.4) is 0 Å². The van der Waals surface area contributed by atoms with Gasteiger partial charge in [0.1, 0.15) is 19.8 Å². The molecule has 0 aliphatic rings. The Morgan fingerprint density at radius 3 is 2.09 bits per heavy atom. The summed E-state index contributed by atoms with van der Waals surface area (Å²) in [6, 6.07) is 0. The molecule has 0 bridgehead atoms. The Bertz CT molecular complexity index is 428. The van der Waals surface area contributed by atoms with Crippen LogP contribution < -0.4 is 5.32 Å². The lowest BCUT2D eigenvalue weighted by atomic mass is 9.85. The van der Waals surface area contributed by atoms with Crippen molar-refractivity contribution in [2.24, 2.45) is 5.41 Å². The number of rotatable bonds is 10. The van der Waals surface area contributed by atoms with E-state index in [9.17, 15) is 14.4 Å². The zero-order valence-corrected chi connectivity index (χ0v) is 14.4. The van der Waals surface area contributed by atoms with Crippen molar-refractivity contribution in [1.82, 2.24) is 5.32 Å². The van der Waals surface area contributed by atoms with E-state index in [-0.39, 0.29) is 32.3 Å². The predicted molar refractivity (Wildman–Crippen MR) is 84.8 cm³/mol. The minimum absolute atomic E-state index is 0.00644. The molecule has 0 aromatic heterocycles. The number of hydrogen-bond acceptors (Lipinski definition) is 6. The third-order valence-electron chi connectivity index (χ3n) is 3.56. The molecular weight excluding hydrogens is 302 g/mol. The van der Waals surface area contributed by atoms with Crippen LogP contribution in [0, 0.1) is 5.41 Å². The Kier molecular flexibility index (Phi) is 9.69. The number of carbonyl (C=O) groups excluding carboxylic acids is 3. The molecule has 0 radical (unpaired) electrons.